The van der Waals surface area contributed by atoms with Crippen LogP contribution in [0.1, 0.15) is 75.8 Å². The number of unbranched alkanes of at least 4 members (excludes halogenated alkanes) is 2. The van der Waals surface area contributed by atoms with Crippen LogP contribution in [0.3, 0.4) is 0 Å². The highest BCUT2D eigenvalue weighted by atomic mass is 19.1. The monoisotopic (exact) mass is 379 g/mol. The first-order valence-electron chi connectivity index (χ1n) is 10.7. The second kappa shape index (κ2) is 10.3. The highest BCUT2D eigenvalue weighted by Crippen LogP contribution is 2.34. The third-order valence-electron chi connectivity index (χ3n) is 6.07. The standard InChI is InChI=1S/C24H30FN3/c1-2-3-4-5-18-6-8-19(9-7-18)10-11-21-16-27-24(28-17-21)22-13-12-20(15-26)14-23(22)25/h12-14,16-19H,2-11H2,1H3. The molecule has 0 amide bonds. The number of rotatable bonds is 8. The zero-order valence-corrected chi connectivity index (χ0v) is 16.8. The van der Waals surface area contributed by atoms with E-state index in [0.717, 1.165) is 23.8 Å². The molecule has 2 aromatic rings. The van der Waals surface area contributed by atoms with Gasteiger partial charge in [-0.1, -0.05) is 58.3 Å². The molecule has 0 spiro atoms. The number of aromatic nitrogens is 2. The van der Waals surface area contributed by atoms with Crippen LogP contribution < -0.4 is 0 Å². The van der Waals surface area contributed by atoms with Gasteiger partial charge in [-0.05, 0) is 48.4 Å². The summed E-state index contributed by atoms with van der Waals surface area (Å²) in [6, 6.07) is 6.33. The van der Waals surface area contributed by atoms with E-state index < -0.39 is 5.82 Å². The highest BCUT2D eigenvalue weighted by molar-refractivity contribution is 5.57. The molecule has 0 N–H and O–H groups in total. The van der Waals surface area contributed by atoms with E-state index >= 15 is 0 Å². The van der Waals surface area contributed by atoms with Crippen LogP contribution in [0.4, 0.5) is 4.39 Å². The molecular formula is C24H30FN3. The highest BCUT2D eigenvalue weighted by Gasteiger charge is 2.20. The molecule has 1 saturated carbocycles. The summed E-state index contributed by atoms with van der Waals surface area (Å²) in [7, 11) is 0. The Morgan fingerprint density at radius 1 is 1.04 bits per heavy atom. The fourth-order valence-electron chi connectivity index (χ4n) is 4.25. The first-order chi connectivity index (χ1) is 13.7. The van der Waals surface area contributed by atoms with Crippen LogP contribution in [0, 0.1) is 29.0 Å². The number of hydrogen-bond acceptors (Lipinski definition) is 3. The van der Waals surface area contributed by atoms with Crippen LogP contribution >= 0.6 is 0 Å². The molecule has 148 valence electrons. The molecule has 28 heavy (non-hydrogen) atoms. The Balaban J connectivity index is 1.47. The van der Waals surface area contributed by atoms with Gasteiger partial charge in [0.2, 0.25) is 0 Å². The van der Waals surface area contributed by atoms with Crippen LogP contribution in [-0.2, 0) is 6.42 Å². The van der Waals surface area contributed by atoms with E-state index in [0.29, 0.717) is 17.0 Å². The van der Waals surface area contributed by atoms with Gasteiger partial charge in [-0.2, -0.15) is 5.26 Å². The average molecular weight is 380 g/mol. The van der Waals surface area contributed by atoms with Gasteiger partial charge in [0.15, 0.2) is 5.82 Å². The van der Waals surface area contributed by atoms with Crippen LogP contribution in [0.15, 0.2) is 30.6 Å². The van der Waals surface area contributed by atoms with Crippen molar-refractivity contribution in [2.45, 2.75) is 71.1 Å². The van der Waals surface area contributed by atoms with E-state index in [4.69, 9.17) is 5.26 Å². The van der Waals surface area contributed by atoms with Gasteiger partial charge in [0.25, 0.3) is 0 Å². The Morgan fingerprint density at radius 2 is 1.71 bits per heavy atom. The topological polar surface area (TPSA) is 49.6 Å². The second-order valence-corrected chi connectivity index (χ2v) is 8.14. The van der Waals surface area contributed by atoms with Crippen molar-refractivity contribution in [2.24, 2.45) is 11.8 Å². The molecule has 0 radical (unpaired) electrons. The maximum atomic E-state index is 14.1. The predicted octanol–water partition coefficient (Wildman–Crippen LogP) is 6.47. The first-order valence-corrected chi connectivity index (χ1v) is 10.7. The lowest BCUT2D eigenvalue weighted by Gasteiger charge is -2.28. The molecule has 0 bridgehead atoms. The minimum atomic E-state index is -0.456. The maximum Gasteiger partial charge on any atom is 0.162 e. The Kier molecular flexibility index (Phi) is 7.54. The SMILES string of the molecule is CCCCCC1CCC(CCc2cnc(-c3ccc(C#N)cc3F)nc2)CC1. The number of nitrogens with zero attached hydrogens (tertiary/aromatic N) is 3. The Labute approximate surface area is 168 Å². The third-order valence-corrected chi connectivity index (χ3v) is 6.07. The smallest absolute Gasteiger partial charge is 0.162 e. The lowest BCUT2D eigenvalue weighted by Crippen LogP contribution is -2.15. The van der Waals surface area contributed by atoms with Crippen molar-refractivity contribution in [2.75, 3.05) is 0 Å². The summed E-state index contributed by atoms with van der Waals surface area (Å²) in [5, 5.41) is 8.84. The number of benzene rings is 1. The molecule has 1 aromatic heterocycles. The molecule has 3 nitrogen and oxygen atoms in total. The third kappa shape index (κ3) is 5.61. The van der Waals surface area contributed by atoms with Gasteiger partial charge in [-0.15, -0.1) is 0 Å². The minimum Gasteiger partial charge on any atom is -0.236 e. The molecule has 1 aliphatic carbocycles. The summed E-state index contributed by atoms with van der Waals surface area (Å²) < 4.78 is 14.1. The van der Waals surface area contributed by atoms with Crippen LogP contribution in [-0.4, -0.2) is 9.97 Å². The fraction of sp³-hybridized carbons (Fsp3) is 0.542. The number of hydrogen-bond donors (Lipinski definition) is 0. The van der Waals surface area contributed by atoms with E-state index in [2.05, 4.69) is 16.9 Å². The van der Waals surface area contributed by atoms with Gasteiger partial charge in [0, 0.05) is 12.4 Å². The summed E-state index contributed by atoms with van der Waals surface area (Å²) in [4.78, 5) is 8.70. The van der Waals surface area contributed by atoms with Crippen molar-refractivity contribution >= 4 is 0 Å². The molecule has 0 unspecified atom stereocenters. The van der Waals surface area contributed by atoms with Gasteiger partial charge in [-0.25, -0.2) is 14.4 Å². The van der Waals surface area contributed by atoms with Crippen LogP contribution in [0.5, 0.6) is 0 Å². The molecule has 1 aliphatic rings. The number of aryl methyl sites for hydroxylation is 1. The number of nitriles is 1. The molecule has 0 saturated heterocycles. The van der Waals surface area contributed by atoms with E-state index in [-0.39, 0.29) is 0 Å². The summed E-state index contributed by atoms with van der Waals surface area (Å²) in [5.41, 5.74) is 1.76. The van der Waals surface area contributed by atoms with E-state index in [1.54, 1.807) is 12.1 Å². The Bertz CT molecular complexity index is 786. The second-order valence-electron chi connectivity index (χ2n) is 8.14. The van der Waals surface area contributed by atoms with Crippen molar-refractivity contribution in [3.8, 4) is 17.5 Å². The zero-order chi connectivity index (χ0) is 19.8. The molecule has 1 aromatic carbocycles. The van der Waals surface area contributed by atoms with Gasteiger partial charge >= 0.3 is 0 Å². The van der Waals surface area contributed by atoms with Crippen LogP contribution in [0.2, 0.25) is 0 Å². The van der Waals surface area contributed by atoms with Crippen molar-refractivity contribution < 1.29 is 4.39 Å². The summed E-state index contributed by atoms with van der Waals surface area (Å²) in [5.74, 6) is 1.69. The molecule has 0 atom stereocenters. The predicted molar refractivity (Wildman–Crippen MR) is 110 cm³/mol. The summed E-state index contributed by atoms with van der Waals surface area (Å²) in [6.45, 7) is 2.27. The van der Waals surface area contributed by atoms with E-state index in [1.165, 1.54) is 63.9 Å². The quantitative estimate of drug-likeness (QED) is 0.494. The van der Waals surface area contributed by atoms with E-state index in [1.807, 2.05) is 18.5 Å². The summed E-state index contributed by atoms with van der Waals surface area (Å²) >= 11 is 0. The lowest BCUT2D eigenvalue weighted by atomic mass is 9.78. The molecule has 3 rings (SSSR count). The fourth-order valence-corrected chi connectivity index (χ4v) is 4.25. The first kappa shape index (κ1) is 20.5. The summed E-state index contributed by atoms with van der Waals surface area (Å²) in [6.07, 6.45) is 16.8. The zero-order valence-electron chi connectivity index (χ0n) is 16.8. The Hall–Kier alpha value is -2.28. The van der Waals surface area contributed by atoms with Crippen molar-refractivity contribution in [3.05, 3.63) is 47.5 Å². The van der Waals surface area contributed by atoms with Gasteiger partial charge < -0.3 is 0 Å². The van der Waals surface area contributed by atoms with Crippen molar-refractivity contribution in [1.82, 2.24) is 9.97 Å². The van der Waals surface area contributed by atoms with Crippen molar-refractivity contribution in [3.63, 3.8) is 0 Å². The molecule has 1 fully saturated rings. The molecule has 1 heterocycles. The molecular weight excluding hydrogens is 349 g/mol. The molecule has 4 heteroatoms. The normalized spacial score (nSPS) is 19.3. The van der Waals surface area contributed by atoms with E-state index in [9.17, 15) is 4.39 Å². The average Bonchev–Trinajstić information content (AvgIpc) is 2.74. The maximum absolute atomic E-state index is 14.1. The van der Waals surface area contributed by atoms with Crippen molar-refractivity contribution in [1.29, 1.82) is 5.26 Å². The lowest BCUT2D eigenvalue weighted by molar-refractivity contribution is 0.249. The largest absolute Gasteiger partial charge is 0.236 e. The minimum absolute atomic E-state index is 0.304. The number of halogens is 1. The van der Waals surface area contributed by atoms with Gasteiger partial charge in [0.05, 0.1) is 17.2 Å². The molecule has 0 aliphatic heterocycles. The van der Waals surface area contributed by atoms with Gasteiger partial charge in [-0.3, -0.25) is 0 Å². The Morgan fingerprint density at radius 3 is 2.32 bits per heavy atom. The van der Waals surface area contributed by atoms with Crippen LogP contribution in [0.25, 0.3) is 11.4 Å². The van der Waals surface area contributed by atoms with Gasteiger partial charge in [0.1, 0.15) is 5.82 Å².